The van der Waals surface area contributed by atoms with E-state index in [2.05, 4.69) is 90.9 Å². The SMILES string of the molecule is Cc1ccc(C2Cc3cnc(NC4=CCC(CCN(C)C5CCCCC5)C=C4)nc3-c3ccccc32)cc1. The lowest BCUT2D eigenvalue weighted by atomic mass is 9.78. The van der Waals surface area contributed by atoms with Crippen LogP contribution in [0.3, 0.4) is 0 Å². The number of anilines is 1. The van der Waals surface area contributed by atoms with Crippen LogP contribution in [0.25, 0.3) is 11.3 Å². The zero-order chi connectivity index (χ0) is 25.9. The van der Waals surface area contributed by atoms with Crippen molar-refractivity contribution in [2.75, 3.05) is 18.9 Å². The standard InChI is InChI=1S/C34H40N4/c1-24-12-16-26(17-13-24)32-22-27-23-35-34(37-33(27)31-11-7-6-10-30(31)32)36-28-18-14-25(15-19-28)20-21-38(2)29-8-4-3-5-9-29/h6-7,10-14,16-19,23,25,29,32H,3-5,8-9,15,20-22H2,1-2H3,(H,35,36,37). The predicted octanol–water partition coefficient (Wildman–Crippen LogP) is 7.67. The molecule has 3 aliphatic rings. The molecule has 0 saturated heterocycles. The molecule has 2 atom stereocenters. The van der Waals surface area contributed by atoms with E-state index >= 15 is 0 Å². The maximum Gasteiger partial charge on any atom is 0.227 e. The number of aromatic nitrogens is 2. The van der Waals surface area contributed by atoms with Crippen LogP contribution in [0.4, 0.5) is 5.95 Å². The molecule has 0 amide bonds. The van der Waals surface area contributed by atoms with Crippen molar-refractivity contribution in [1.29, 1.82) is 0 Å². The second kappa shape index (κ2) is 11.2. The summed E-state index contributed by atoms with van der Waals surface area (Å²) in [6.07, 6.45) is 19.1. The summed E-state index contributed by atoms with van der Waals surface area (Å²) in [4.78, 5) is 12.3. The summed E-state index contributed by atoms with van der Waals surface area (Å²) in [5, 5.41) is 3.49. The van der Waals surface area contributed by atoms with Crippen LogP contribution < -0.4 is 5.32 Å². The lowest BCUT2D eigenvalue weighted by Gasteiger charge is -2.32. The van der Waals surface area contributed by atoms with Crippen LogP contribution in [-0.4, -0.2) is 34.5 Å². The number of fused-ring (bicyclic) bond motifs is 3. The van der Waals surface area contributed by atoms with E-state index in [-0.39, 0.29) is 0 Å². The van der Waals surface area contributed by atoms with Gasteiger partial charge < -0.3 is 10.2 Å². The van der Waals surface area contributed by atoms with Gasteiger partial charge in [0.1, 0.15) is 0 Å². The number of rotatable bonds is 7. The fourth-order valence-corrected chi connectivity index (χ4v) is 6.47. The Morgan fingerprint density at radius 2 is 1.82 bits per heavy atom. The molecule has 38 heavy (non-hydrogen) atoms. The molecule has 1 N–H and O–H groups in total. The second-order valence-corrected chi connectivity index (χ2v) is 11.5. The zero-order valence-electron chi connectivity index (χ0n) is 22.9. The molecule has 0 radical (unpaired) electrons. The molecule has 3 aromatic rings. The van der Waals surface area contributed by atoms with Gasteiger partial charge in [-0.3, -0.25) is 0 Å². The van der Waals surface area contributed by atoms with Crippen molar-refractivity contribution < 1.29 is 0 Å². The van der Waals surface area contributed by atoms with Crippen molar-refractivity contribution in [3.8, 4) is 11.3 Å². The Hall–Kier alpha value is -3.24. The average Bonchev–Trinajstić information content (AvgIpc) is 2.97. The molecular weight excluding hydrogens is 464 g/mol. The molecule has 0 bridgehead atoms. The van der Waals surface area contributed by atoms with Gasteiger partial charge in [-0.05, 0) is 81.3 Å². The third-order valence-corrected chi connectivity index (χ3v) is 8.85. The van der Waals surface area contributed by atoms with Crippen molar-refractivity contribution in [3.05, 3.63) is 101 Å². The quantitative estimate of drug-likeness (QED) is 0.358. The first-order valence-corrected chi connectivity index (χ1v) is 14.5. The van der Waals surface area contributed by atoms with Gasteiger partial charge in [-0.1, -0.05) is 85.5 Å². The van der Waals surface area contributed by atoms with Gasteiger partial charge in [0.25, 0.3) is 0 Å². The molecule has 4 heteroatoms. The smallest absolute Gasteiger partial charge is 0.227 e. The Morgan fingerprint density at radius 3 is 2.61 bits per heavy atom. The Balaban J connectivity index is 1.11. The fraction of sp³-hybridized carbons (Fsp3) is 0.412. The largest absolute Gasteiger partial charge is 0.324 e. The van der Waals surface area contributed by atoms with Crippen LogP contribution in [0.5, 0.6) is 0 Å². The van der Waals surface area contributed by atoms with Crippen LogP contribution in [0.15, 0.2) is 78.7 Å². The van der Waals surface area contributed by atoms with Gasteiger partial charge in [-0.25, -0.2) is 9.97 Å². The number of nitrogens with zero attached hydrogens (tertiary/aromatic N) is 3. The normalized spacial score (nSPS) is 21.1. The van der Waals surface area contributed by atoms with Crippen LogP contribution in [-0.2, 0) is 6.42 Å². The Morgan fingerprint density at radius 1 is 1.00 bits per heavy atom. The molecule has 2 aromatic carbocycles. The molecule has 196 valence electrons. The summed E-state index contributed by atoms with van der Waals surface area (Å²) in [6.45, 7) is 3.33. The average molecular weight is 505 g/mol. The van der Waals surface area contributed by atoms with Gasteiger partial charge in [0.05, 0.1) is 5.69 Å². The number of nitrogens with one attached hydrogen (secondary N) is 1. The summed E-state index contributed by atoms with van der Waals surface area (Å²) < 4.78 is 0. The molecule has 0 spiro atoms. The Kier molecular flexibility index (Phi) is 7.42. The highest BCUT2D eigenvalue weighted by Crippen LogP contribution is 2.42. The number of allylic oxidation sites excluding steroid dienone is 3. The first-order valence-electron chi connectivity index (χ1n) is 14.5. The third-order valence-electron chi connectivity index (χ3n) is 8.85. The van der Waals surface area contributed by atoms with E-state index in [4.69, 9.17) is 9.97 Å². The molecule has 3 aliphatic carbocycles. The highest BCUT2D eigenvalue weighted by Gasteiger charge is 2.27. The highest BCUT2D eigenvalue weighted by atomic mass is 15.1. The first-order chi connectivity index (χ1) is 18.6. The minimum absolute atomic E-state index is 0.333. The van der Waals surface area contributed by atoms with Gasteiger partial charge in [-0.2, -0.15) is 0 Å². The summed E-state index contributed by atoms with van der Waals surface area (Å²) in [5.74, 6) is 1.63. The summed E-state index contributed by atoms with van der Waals surface area (Å²) in [5.41, 5.74) is 8.60. The third kappa shape index (κ3) is 5.47. The number of benzene rings is 2. The van der Waals surface area contributed by atoms with E-state index in [1.807, 2.05) is 6.20 Å². The lowest BCUT2D eigenvalue weighted by Crippen LogP contribution is -2.34. The molecule has 2 unspecified atom stereocenters. The van der Waals surface area contributed by atoms with Gasteiger partial charge >= 0.3 is 0 Å². The second-order valence-electron chi connectivity index (χ2n) is 11.5. The van der Waals surface area contributed by atoms with E-state index in [1.165, 1.54) is 72.9 Å². The zero-order valence-corrected chi connectivity index (χ0v) is 22.9. The number of aryl methyl sites for hydroxylation is 1. The molecule has 1 fully saturated rings. The maximum atomic E-state index is 5.02. The van der Waals surface area contributed by atoms with Crippen LogP contribution >= 0.6 is 0 Å². The van der Waals surface area contributed by atoms with Crippen LogP contribution in [0, 0.1) is 12.8 Å². The van der Waals surface area contributed by atoms with Crippen molar-refractivity contribution in [2.45, 2.75) is 70.3 Å². The first kappa shape index (κ1) is 25.1. The molecule has 1 heterocycles. The van der Waals surface area contributed by atoms with Crippen molar-refractivity contribution >= 4 is 5.95 Å². The van der Waals surface area contributed by atoms with Crippen molar-refractivity contribution in [3.63, 3.8) is 0 Å². The van der Waals surface area contributed by atoms with Crippen molar-refractivity contribution in [2.24, 2.45) is 5.92 Å². The Labute approximate surface area is 227 Å². The van der Waals surface area contributed by atoms with Crippen molar-refractivity contribution in [1.82, 2.24) is 14.9 Å². The van der Waals surface area contributed by atoms with E-state index < -0.39 is 0 Å². The summed E-state index contributed by atoms with van der Waals surface area (Å²) >= 11 is 0. The molecule has 1 saturated carbocycles. The molecule has 0 aliphatic heterocycles. The van der Waals surface area contributed by atoms with Gasteiger partial charge in [0.15, 0.2) is 0 Å². The molecule has 4 nitrogen and oxygen atoms in total. The Bertz CT molecular complexity index is 1320. The van der Waals surface area contributed by atoms with E-state index in [9.17, 15) is 0 Å². The van der Waals surface area contributed by atoms with Gasteiger partial charge in [0, 0.05) is 29.4 Å². The van der Waals surface area contributed by atoms with E-state index in [1.54, 1.807) is 0 Å². The number of hydrogen-bond acceptors (Lipinski definition) is 4. The maximum absolute atomic E-state index is 5.02. The van der Waals surface area contributed by atoms with Crippen LogP contribution in [0.1, 0.15) is 73.1 Å². The highest BCUT2D eigenvalue weighted by molar-refractivity contribution is 5.72. The topological polar surface area (TPSA) is 41.1 Å². The predicted molar refractivity (Wildman–Crippen MR) is 157 cm³/mol. The summed E-state index contributed by atoms with van der Waals surface area (Å²) in [7, 11) is 2.32. The van der Waals surface area contributed by atoms with E-state index in [0.717, 1.165) is 30.3 Å². The number of hydrogen-bond donors (Lipinski definition) is 1. The van der Waals surface area contributed by atoms with Crippen LogP contribution in [0.2, 0.25) is 0 Å². The summed E-state index contributed by atoms with van der Waals surface area (Å²) in [6, 6.07) is 18.5. The van der Waals surface area contributed by atoms with Gasteiger partial charge in [0.2, 0.25) is 5.95 Å². The monoisotopic (exact) mass is 504 g/mol. The van der Waals surface area contributed by atoms with E-state index in [0.29, 0.717) is 17.8 Å². The lowest BCUT2D eigenvalue weighted by molar-refractivity contribution is 0.184. The van der Waals surface area contributed by atoms with Gasteiger partial charge in [-0.15, -0.1) is 0 Å². The molecule has 1 aromatic heterocycles. The molecular formula is C34H40N4. The fourth-order valence-electron chi connectivity index (χ4n) is 6.47. The molecule has 6 rings (SSSR count). The minimum Gasteiger partial charge on any atom is -0.324 e. The minimum atomic E-state index is 0.333.